The SMILES string of the molecule is Cl.NC1CCC(OCC(=O)Nc2ccc(F)cc2)CC1. The minimum absolute atomic E-state index is 0. The van der Waals surface area contributed by atoms with Gasteiger partial charge in [-0.05, 0) is 49.9 Å². The first kappa shape index (κ1) is 16.9. The molecule has 112 valence electrons. The predicted molar refractivity (Wildman–Crippen MR) is 78.5 cm³/mol. The largest absolute Gasteiger partial charge is 0.368 e. The predicted octanol–water partition coefficient (Wildman–Crippen LogP) is 2.47. The Bertz CT molecular complexity index is 420. The first-order valence-corrected chi connectivity index (χ1v) is 6.56. The van der Waals surface area contributed by atoms with Gasteiger partial charge in [0.05, 0.1) is 6.10 Å². The lowest BCUT2D eigenvalue weighted by Crippen LogP contribution is -2.32. The second kappa shape index (κ2) is 8.19. The number of nitrogens with one attached hydrogen (secondary N) is 1. The fraction of sp³-hybridized carbons (Fsp3) is 0.500. The van der Waals surface area contributed by atoms with Crippen molar-refractivity contribution in [1.82, 2.24) is 0 Å². The van der Waals surface area contributed by atoms with Gasteiger partial charge in [0.1, 0.15) is 12.4 Å². The summed E-state index contributed by atoms with van der Waals surface area (Å²) in [6.07, 6.45) is 3.84. The topological polar surface area (TPSA) is 64.3 Å². The van der Waals surface area contributed by atoms with Gasteiger partial charge >= 0.3 is 0 Å². The van der Waals surface area contributed by atoms with Gasteiger partial charge in [0.2, 0.25) is 5.91 Å². The fourth-order valence-corrected chi connectivity index (χ4v) is 2.18. The van der Waals surface area contributed by atoms with E-state index in [2.05, 4.69) is 5.32 Å². The Morgan fingerprint density at radius 2 is 1.85 bits per heavy atom. The van der Waals surface area contributed by atoms with Gasteiger partial charge in [-0.3, -0.25) is 4.79 Å². The molecule has 0 atom stereocenters. The Labute approximate surface area is 124 Å². The van der Waals surface area contributed by atoms with E-state index in [1.165, 1.54) is 24.3 Å². The molecule has 4 nitrogen and oxygen atoms in total. The molecule has 0 aliphatic heterocycles. The molecule has 1 fully saturated rings. The van der Waals surface area contributed by atoms with Crippen molar-refractivity contribution in [2.75, 3.05) is 11.9 Å². The molecular formula is C14H20ClFN2O2. The second-order valence-corrected chi connectivity index (χ2v) is 4.90. The van der Waals surface area contributed by atoms with Crippen molar-refractivity contribution < 1.29 is 13.9 Å². The van der Waals surface area contributed by atoms with E-state index in [-0.39, 0.29) is 42.9 Å². The van der Waals surface area contributed by atoms with Crippen molar-refractivity contribution >= 4 is 24.0 Å². The molecule has 0 bridgehead atoms. The number of rotatable bonds is 4. The summed E-state index contributed by atoms with van der Waals surface area (Å²) in [6, 6.07) is 5.92. The van der Waals surface area contributed by atoms with Crippen LogP contribution in [0.15, 0.2) is 24.3 Å². The molecule has 3 N–H and O–H groups in total. The lowest BCUT2D eigenvalue weighted by Gasteiger charge is -2.25. The quantitative estimate of drug-likeness (QED) is 0.898. The Hall–Kier alpha value is -1.17. The lowest BCUT2D eigenvalue weighted by molar-refractivity contribution is -0.123. The van der Waals surface area contributed by atoms with Crippen molar-refractivity contribution in [1.29, 1.82) is 0 Å². The van der Waals surface area contributed by atoms with E-state index in [0.717, 1.165) is 25.7 Å². The van der Waals surface area contributed by atoms with Crippen LogP contribution < -0.4 is 11.1 Å². The Kier molecular flexibility index (Phi) is 6.91. The number of hydrogen-bond acceptors (Lipinski definition) is 3. The zero-order valence-electron chi connectivity index (χ0n) is 11.2. The number of hydrogen-bond donors (Lipinski definition) is 2. The Morgan fingerprint density at radius 1 is 1.25 bits per heavy atom. The van der Waals surface area contributed by atoms with E-state index in [4.69, 9.17) is 10.5 Å². The van der Waals surface area contributed by atoms with Crippen molar-refractivity contribution in [3.63, 3.8) is 0 Å². The maximum absolute atomic E-state index is 12.7. The highest BCUT2D eigenvalue weighted by Gasteiger charge is 2.19. The summed E-state index contributed by atoms with van der Waals surface area (Å²) in [6.45, 7) is 0.0251. The molecule has 1 aliphatic carbocycles. The zero-order valence-corrected chi connectivity index (χ0v) is 12.0. The molecule has 0 radical (unpaired) electrons. The second-order valence-electron chi connectivity index (χ2n) is 4.90. The van der Waals surface area contributed by atoms with Crippen LogP contribution in [0.5, 0.6) is 0 Å². The number of anilines is 1. The van der Waals surface area contributed by atoms with Gasteiger partial charge < -0.3 is 15.8 Å². The van der Waals surface area contributed by atoms with E-state index in [1.54, 1.807) is 0 Å². The third-order valence-electron chi connectivity index (χ3n) is 3.30. The van der Waals surface area contributed by atoms with Gasteiger partial charge in [0.15, 0.2) is 0 Å². The molecule has 0 unspecified atom stereocenters. The van der Waals surface area contributed by atoms with Crippen LogP contribution in [0.1, 0.15) is 25.7 Å². The smallest absolute Gasteiger partial charge is 0.250 e. The molecule has 6 heteroatoms. The lowest BCUT2D eigenvalue weighted by atomic mass is 9.94. The molecule has 20 heavy (non-hydrogen) atoms. The van der Waals surface area contributed by atoms with Gasteiger partial charge in [-0.2, -0.15) is 0 Å². The number of ether oxygens (including phenoxy) is 1. The minimum Gasteiger partial charge on any atom is -0.368 e. The molecule has 1 aromatic carbocycles. The molecule has 1 aliphatic rings. The molecule has 0 aromatic heterocycles. The Balaban J connectivity index is 0.00000200. The monoisotopic (exact) mass is 302 g/mol. The first-order chi connectivity index (χ1) is 9.13. The highest BCUT2D eigenvalue weighted by Crippen LogP contribution is 2.19. The third kappa shape index (κ3) is 5.45. The highest BCUT2D eigenvalue weighted by atomic mass is 35.5. The minimum atomic E-state index is -0.326. The summed E-state index contributed by atoms with van der Waals surface area (Å²) in [5.74, 6) is -0.547. The van der Waals surface area contributed by atoms with Crippen LogP contribution in [0.4, 0.5) is 10.1 Å². The third-order valence-corrected chi connectivity index (χ3v) is 3.30. The number of nitrogens with two attached hydrogens (primary N) is 1. The first-order valence-electron chi connectivity index (χ1n) is 6.56. The average molecular weight is 303 g/mol. The van der Waals surface area contributed by atoms with Gasteiger partial charge in [-0.25, -0.2) is 4.39 Å². The number of benzene rings is 1. The van der Waals surface area contributed by atoms with Crippen LogP contribution in [0.2, 0.25) is 0 Å². The van der Waals surface area contributed by atoms with Crippen LogP contribution in [-0.4, -0.2) is 24.7 Å². The molecular weight excluding hydrogens is 283 g/mol. The molecule has 2 rings (SSSR count). The normalized spacial score (nSPS) is 21.9. The van der Waals surface area contributed by atoms with E-state index in [9.17, 15) is 9.18 Å². The van der Waals surface area contributed by atoms with Gasteiger partial charge in [-0.1, -0.05) is 0 Å². The van der Waals surface area contributed by atoms with Gasteiger partial charge in [-0.15, -0.1) is 12.4 Å². The summed E-state index contributed by atoms with van der Waals surface area (Å²) >= 11 is 0. The van der Waals surface area contributed by atoms with Gasteiger partial charge in [0, 0.05) is 11.7 Å². The Morgan fingerprint density at radius 3 is 2.45 bits per heavy atom. The molecule has 0 saturated heterocycles. The molecule has 1 aromatic rings. The maximum Gasteiger partial charge on any atom is 0.250 e. The van der Waals surface area contributed by atoms with Crippen molar-refractivity contribution in [2.24, 2.45) is 5.73 Å². The van der Waals surface area contributed by atoms with E-state index in [0.29, 0.717) is 5.69 Å². The van der Waals surface area contributed by atoms with E-state index < -0.39 is 0 Å². The zero-order chi connectivity index (χ0) is 13.7. The van der Waals surface area contributed by atoms with Crippen LogP contribution in [-0.2, 0) is 9.53 Å². The summed E-state index contributed by atoms with van der Waals surface area (Å²) in [4.78, 5) is 11.6. The van der Waals surface area contributed by atoms with Crippen LogP contribution in [0.3, 0.4) is 0 Å². The molecule has 1 amide bonds. The summed E-state index contributed by atoms with van der Waals surface area (Å²) in [5.41, 5.74) is 6.37. The van der Waals surface area contributed by atoms with E-state index >= 15 is 0 Å². The number of amides is 1. The maximum atomic E-state index is 12.7. The molecule has 0 spiro atoms. The van der Waals surface area contributed by atoms with E-state index in [1.807, 2.05) is 0 Å². The van der Waals surface area contributed by atoms with Gasteiger partial charge in [0.25, 0.3) is 0 Å². The summed E-state index contributed by atoms with van der Waals surface area (Å²) in [5, 5.41) is 2.66. The number of halogens is 2. The van der Waals surface area contributed by atoms with Crippen molar-refractivity contribution in [3.8, 4) is 0 Å². The van der Waals surface area contributed by atoms with Crippen molar-refractivity contribution in [3.05, 3.63) is 30.1 Å². The van der Waals surface area contributed by atoms with Crippen LogP contribution >= 0.6 is 12.4 Å². The fourth-order valence-electron chi connectivity index (χ4n) is 2.18. The van der Waals surface area contributed by atoms with Crippen LogP contribution in [0.25, 0.3) is 0 Å². The number of carbonyl (C=O) groups is 1. The highest BCUT2D eigenvalue weighted by molar-refractivity contribution is 5.91. The molecule has 1 saturated carbocycles. The number of carbonyl (C=O) groups excluding carboxylic acids is 1. The molecule has 0 heterocycles. The van der Waals surface area contributed by atoms with Crippen molar-refractivity contribution in [2.45, 2.75) is 37.8 Å². The van der Waals surface area contributed by atoms with Crippen LogP contribution in [0, 0.1) is 5.82 Å². The summed E-state index contributed by atoms with van der Waals surface area (Å²) < 4.78 is 18.2. The summed E-state index contributed by atoms with van der Waals surface area (Å²) in [7, 11) is 0. The standard InChI is InChI=1S/C14H19FN2O2.ClH/c15-10-1-5-12(6-2-10)17-14(18)9-19-13-7-3-11(16)4-8-13;/h1-2,5-6,11,13H,3-4,7-9,16H2,(H,17,18);1H. The average Bonchev–Trinajstić information content (AvgIpc) is 2.41.